The van der Waals surface area contributed by atoms with Crippen molar-refractivity contribution in [3.63, 3.8) is 0 Å². The van der Waals surface area contributed by atoms with Crippen molar-refractivity contribution in [2.75, 3.05) is 20.1 Å². The molecule has 18 heavy (non-hydrogen) atoms. The molecular weight excluding hydrogens is 242 g/mol. The molecule has 0 bridgehead atoms. The number of likely N-dealkylation sites (tertiary alicyclic amines) is 1. The van der Waals surface area contributed by atoms with Gasteiger partial charge < -0.3 is 10.2 Å². The third-order valence-electron chi connectivity index (χ3n) is 3.38. The van der Waals surface area contributed by atoms with Crippen LogP contribution in [0.15, 0.2) is 22.5 Å². The molecule has 0 radical (unpaired) electrons. The Kier molecular flexibility index (Phi) is 4.64. The zero-order chi connectivity index (χ0) is 13.0. The van der Waals surface area contributed by atoms with Crippen molar-refractivity contribution in [3.05, 3.63) is 22.4 Å². The number of hydrogen-bond donors (Lipinski definition) is 1. The fourth-order valence-corrected chi connectivity index (χ4v) is 3.39. The summed E-state index contributed by atoms with van der Waals surface area (Å²) in [6.45, 7) is 7.77. The van der Waals surface area contributed by atoms with Crippen LogP contribution in [0.5, 0.6) is 0 Å². The van der Waals surface area contributed by atoms with Crippen LogP contribution in [-0.2, 0) is 6.54 Å². The lowest BCUT2D eigenvalue weighted by molar-refractivity contribution is 0.208. The van der Waals surface area contributed by atoms with Crippen molar-refractivity contribution < 1.29 is 0 Å². The van der Waals surface area contributed by atoms with Gasteiger partial charge in [-0.2, -0.15) is 0 Å². The Bertz CT molecular complexity index is 376. The molecule has 4 heteroatoms. The summed E-state index contributed by atoms with van der Waals surface area (Å²) < 4.78 is 0. The Hall–Kier alpha value is -1.03. The number of guanidine groups is 1. The molecule has 0 aromatic carbocycles. The van der Waals surface area contributed by atoms with Crippen LogP contribution in [0.25, 0.3) is 0 Å². The molecule has 2 atom stereocenters. The predicted molar refractivity (Wildman–Crippen MR) is 79.0 cm³/mol. The number of thiophene rings is 1. The maximum atomic E-state index is 4.42. The van der Waals surface area contributed by atoms with E-state index in [4.69, 9.17) is 0 Å². The lowest BCUT2D eigenvalue weighted by atomic mass is 9.92. The molecule has 1 aliphatic heterocycles. The molecule has 2 rings (SSSR count). The highest BCUT2D eigenvalue weighted by Crippen LogP contribution is 2.21. The van der Waals surface area contributed by atoms with Crippen LogP contribution in [-0.4, -0.2) is 31.0 Å². The average molecular weight is 265 g/mol. The highest BCUT2D eigenvalue weighted by Gasteiger charge is 2.23. The van der Waals surface area contributed by atoms with E-state index in [1.165, 1.54) is 11.3 Å². The maximum absolute atomic E-state index is 4.42. The topological polar surface area (TPSA) is 27.6 Å². The molecule has 100 valence electrons. The van der Waals surface area contributed by atoms with Gasteiger partial charge in [-0.25, -0.2) is 0 Å². The summed E-state index contributed by atoms with van der Waals surface area (Å²) in [5.41, 5.74) is 0. The summed E-state index contributed by atoms with van der Waals surface area (Å²) in [7, 11) is 1.88. The number of nitrogens with one attached hydrogen (secondary N) is 1. The number of aliphatic imine (C=N–C) groups is 1. The van der Waals surface area contributed by atoms with Gasteiger partial charge in [-0.1, -0.05) is 19.9 Å². The lowest BCUT2D eigenvalue weighted by Crippen LogP contribution is -2.48. The number of rotatable bonds is 2. The molecule has 3 nitrogen and oxygen atoms in total. The highest BCUT2D eigenvalue weighted by atomic mass is 32.1. The van der Waals surface area contributed by atoms with Crippen LogP contribution in [0.2, 0.25) is 0 Å². The van der Waals surface area contributed by atoms with E-state index < -0.39 is 0 Å². The predicted octanol–water partition coefficient (Wildman–Crippen LogP) is 2.80. The number of piperidine rings is 1. The first-order valence-electron chi connectivity index (χ1n) is 6.67. The zero-order valence-corrected chi connectivity index (χ0v) is 12.3. The van der Waals surface area contributed by atoms with E-state index in [-0.39, 0.29) is 0 Å². The Labute approximate surface area is 114 Å². The van der Waals surface area contributed by atoms with Gasteiger partial charge in [0.25, 0.3) is 0 Å². The first kappa shape index (κ1) is 13.4. The van der Waals surface area contributed by atoms with Crippen LogP contribution in [0, 0.1) is 11.8 Å². The standard InChI is InChI=1S/C14H23N3S/c1-11-7-12(2)10-17(9-11)14(15-3)16-8-13-5-4-6-18-13/h4-6,11-12H,7-10H2,1-3H3,(H,15,16). The first-order chi connectivity index (χ1) is 8.69. The summed E-state index contributed by atoms with van der Waals surface area (Å²) in [4.78, 5) is 8.17. The first-order valence-corrected chi connectivity index (χ1v) is 7.55. The average Bonchev–Trinajstić information content (AvgIpc) is 2.81. The Morgan fingerprint density at radius 3 is 2.72 bits per heavy atom. The molecule has 0 aliphatic carbocycles. The van der Waals surface area contributed by atoms with Crippen LogP contribution in [0.4, 0.5) is 0 Å². The molecule has 0 spiro atoms. The van der Waals surface area contributed by atoms with Gasteiger partial charge in [0.15, 0.2) is 5.96 Å². The Morgan fingerprint density at radius 2 is 2.17 bits per heavy atom. The van der Waals surface area contributed by atoms with Crippen LogP contribution in [0.1, 0.15) is 25.1 Å². The molecule has 2 heterocycles. The van der Waals surface area contributed by atoms with Gasteiger partial charge >= 0.3 is 0 Å². The van der Waals surface area contributed by atoms with Crippen molar-refractivity contribution in [2.24, 2.45) is 16.8 Å². The van der Waals surface area contributed by atoms with Gasteiger partial charge in [0.1, 0.15) is 0 Å². The second kappa shape index (κ2) is 6.23. The molecule has 1 saturated heterocycles. The number of hydrogen-bond acceptors (Lipinski definition) is 2. The van der Waals surface area contributed by atoms with Gasteiger partial charge in [0.2, 0.25) is 0 Å². The minimum atomic E-state index is 0.758. The normalized spacial score (nSPS) is 25.3. The molecule has 2 unspecified atom stereocenters. The molecule has 1 aromatic heterocycles. The molecule has 1 N–H and O–H groups in total. The Balaban J connectivity index is 1.92. The molecule has 1 fully saturated rings. The summed E-state index contributed by atoms with van der Waals surface area (Å²) in [5.74, 6) is 2.56. The van der Waals surface area contributed by atoms with E-state index in [9.17, 15) is 0 Å². The molecule has 0 saturated carbocycles. The van der Waals surface area contributed by atoms with Crippen LogP contribution >= 0.6 is 11.3 Å². The van der Waals surface area contributed by atoms with Crippen molar-refractivity contribution in [1.82, 2.24) is 10.2 Å². The largest absolute Gasteiger partial charge is 0.351 e. The molecule has 1 aliphatic rings. The lowest BCUT2D eigenvalue weighted by Gasteiger charge is -2.37. The van der Waals surface area contributed by atoms with Crippen molar-refractivity contribution in [3.8, 4) is 0 Å². The third kappa shape index (κ3) is 3.48. The SMILES string of the molecule is CN=C(NCc1cccs1)N1CC(C)CC(C)C1. The summed E-state index contributed by atoms with van der Waals surface area (Å²) in [5, 5.41) is 5.58. The second-order valence-electron chi connectivity index (χ2n) is 5.33. The minimum Gasteiger partial charge on any atom is -0.351 e. The van der Waals surface area contributed by atoms with E-state index in [2.05, 4.69) is 46.6 Å². The molecule has 1 aromatic rings. The second-order valence-corrected chi connectivity index (χ2v) is 6.36. The van der Waals surface area contributed by atoms with Gasteiger partial charge in [-0.15, -0.1) is 11.3 Å². The smallest absolute Gasteiger partial charge is 0.193 e. The van der Waals surface area contributed by atoms with E-state index in [1.807, 2.05) is 7.05 Å². The van der Waals surface area contributed by atoms with E-state index in [0.29, 0.717) is 0 Å². The summed E-state index contributed by atoms with van der Waals surface area (Å²) >= 11 is 1.79. The van der Waals surface area contributed by atoms with E-state index in [0.717, 1.165) is 37.4 Å². The minimum absolute atomic E-state index is 0.758. The summed E-state index contributed by atoms with van der Waals surface area (Å²) in [6, 6.07) is 4.25. The van der Waals surface area contributed by atoms with Gasteiger partial charge in [0, 0.05) is 25.0 Å². The third-order valence-corrected chi connectivity index (χ3v) is 4.26. The fourth-order valence-electron chi connectivity index (χ4n) is 2.75. The Morgan fingerprint density at radius 1 is 1.44 bits per heavy atom. The van der Waals surface area contributed by atoms with Gasteiger partial charge in [-0.05, 0) is 29.7 Å². The van der Waals surface area contributed by atoms with Crippen LogP contribution < -0.4 is 5.32 Å². The maximum Gasteiger partial charge on any atom is 0.193 e. The quantitative estimate of drug-likeness (QED) is 0.658. The van der Waals surface area contributed by atoms with Gasteiger partial charge in [-0.3, -0.25) is 4.99 Å². The zero-order valence-electron chi connectivity index (χ0n) is 11.5. The number of nitrogens with zero attached hydrogens (tertiary/aromatic N) is 2. The fraction of sp³-hybridized carbons (Fsp3) is 0.643. The van der Waals surface area contributed by atoms with Crippen molar-refractivity contribution in [2.45, 2.75) is 26.8 Å². The summed E-state index contributed by atoms with van der Waals surface area (Å²) in [6.07, 6.45) is 1.33. The molecule has 0 amide bonds. The van der Waals surface area contributed by atoms with Crippen LogP contribution in [0.3, 0.4) is 0 Å². The van der Waals surface area contributed by atoms with Gasteiger partial charge in [0.05, 0.1) is 6.54 Å². The molecular formula is C14H23N3S. The highest BCUT2D eigenvalue weighted by molar-refractivity contribution is 7.09. The van der Waals surface area contributed by atoms with Crippen molar-refractivity contribution >= 4 is 17.3 Å². The monoisotopic (exact) mass is 265 g/mol. The van der Waals surface area contributed by atoms with E-state index >= 15 is 0 Å². The van der Waals surface area contributed by atoms with E-state index in [1.54, 1.807) is 11.3 Å². The van der Waals surface area contributed by atoms with Crippen molar-refractivity contribution in [1.29, 1.82) is 0 Å².